The first kappa shape index (κ1) is 12.3. The molecule has 0 radical (unpaired) electrons. The van der Waals surface area contributed by atoms with E-state index in [0.717, 1.165) is 41.2 Å². The standard InChI is InChI=1S/C17H14O4/c1-20-13-7-3-6-11-14-10-5-2-4-9(10)8-12(18)15(14)17(19)21-16(11)13/h3,6-8,18H,2,4-5H2,1H3. The van der Waals surface area contributed by atoms with Gasteiger partial charge in [0.05, 0.1) is 7.11 Å². The van der Waals surface area contributed by atoms with Gasteiger partial charge in [-0.3, -0.25) is 0 Å². The van der Waals surface area contributed by atoms with Crippen LogP contribution < -0.4 is 10.4 Å². The van der Waals surface area contributed by atoms with Crippen LogP contribution in [0.1, 0.15) is 17.5 Å². The molecule has 0 bridgehead atoms. The summed E-state index contributed by atoms with van der Waals surface area (Å²) in [6.07, 6.45) is 2.89. The van der Waals surface area contributed by atoms with Crippen molar-refractivity contribution in [3.63, 3.8) is 0 Å². The number of benzene rings is 2. The van der Waals surface area contributed by atoms with E-state index in [9.17, 15) is 9.90 Å². The quantitative estimate of drug-likeness (QED) is 0.550. The molecule has 106 valence electrons. The maximum atomic E-state index is 12.3. The van der Waals surface area contributed by atoms with E-state index < -0.39 is 5.63 Å². The number of phenols is 1. The van der Waals surface area contributed by atoms with Crippen LogP contribution in [0.3, 0.4) is 0 Å². The van der Waals surface area contributed by atoms with E-state index in [2.05, 4.69) is 0 Å². The highest BCUT2D eigenvalue weighted by Crippen LogP contribution is 2.39. The van der Waals surface area contributed by atoms with E-state index in [0.29, 0.717) is 11.3 Å². The van der Waals surface area contributed by atoms with Crippen LogP contribution in [0, 0.1) is 0 Å². The molecule has 0 amide bonds. The van der Waals surface area contributed by atoms with Crippen LogP contribution in [0.15, 0.2) is 33.5 Å². The first-order chi connectivity index (χ1) is 10.2. The van der Waals surface area contributed by atoms with Crippen LogP contribution in [-0.4, -0.2) is 12.2 Å². The Kier molecular flexibility index (Phi) is 2.48. The van der Waals surface area contributed by atoms with Gasteiger partial charge in [0.2, 0.25) is 0 Å². The van der Waals surface area contributed by atoms with Crippen LogP contribution in [0.4, 0.5) is 0 Å². The Morgan fingerprint density at radius 1 is 1.24 bits per heavy atom. The van der Waals surface area contributed by atoms with Crippen molar-refractivity contribution >= 4 is 21.7 Å². The summed E-state index contributed by atoms with van der Waals surface area (Å²) in [5.41, 5.74) is 2.19. The number of hydrogen-bond donors (Lipinski definition) is 1. The first-order valence-electron chi connectivity index (χ1n) is 6.98. The monoisotopic (exact) mass is 282 g/mol. The molecule has 0 saturated carbocycles. The SMILES string of the molecule is COc1cccc2c1oc(=O)c1c(O)cc3c(c12)CCC3. The number of aromatic hydroxyl groups is 1. The number of methoxy groups -OCH3 is 1. The van der Waals surface area contributed by atoms with Crippen LogP contribution in [0.25, 0.3) is 21.7 Å². The van der Waals surface area contributed by atoms with E-state index >= 15 is 0 Å². The minimum Gasteiger partial charge on any atom is -0.507 e. The number of aryl methyl sites for hydroxylation is 2. The average Bonchev–Trinajstić information content (AvgIpc) is 2.94. The Hall–Kier alpha value is -2.49. The van der Waals surface area contributed by atoms with E-state index in [4.69, 9.17) is 9.15 Å². The number of phenolic OH excluding ortho intramolecular Hbond substituents is 1. The third-order valence-electron chi connectivity index (χ3n) is 4.25. The topological polar surface area (TPSA) is 59.7 Å². The second kappa shape index (κ2) is 4.25. The minimum atomic E-state index is -0.519. The van der Waals surface area contributed by atoms with Gasteiger partial charge in [0.25, 0.3) is 0 Å². The molecule has 0 spiro atoms. The summed E-state index contributed by atoms with van der Waals surface area (Å²) in [6.45, 7) is 0. The van der Waals surface area contributed by atoms with Crippen LogP contribution in [-0.2, 0) is 12.8 Å². The Balaban J connectivity index is 2.32. The second-order valence-electron chi connectivity index (χ2n) is 5.36. The summed E-state index contributed by atoms with van der Waals surface area (Å²) in [5.74, 6) is 0.533. The van der Waals surface area contributed by atoms with E-state index in [1.165, 1.54) is 0 Å². The number of rotatable bonds is 1. The lowest BCUT2D eigenvalue weighted by atomic mass is 9.98. The smallest absolute Gasteiger partial charge is 0.348 e. The molecule has 0 fully saturated rings. The zero-order valence-corrected chi connectivity index (χ0v) is 11.6. The fourth-order valence-electron chi connectivity index (χ4n) is 3.35. The van der Waals surface area contributed by atoms with Gasteiger partial charge in [-0.1, -0.05) is 12.1 Å². The second-order valence-corrected chi connectivity index (χ2v) is 5.36. The molecule has 0 atom stereocenters. The van der Waals surface area contributed by atoms with Gasteiger partial charge in [0, 0.05) is 10.8 Å². The number of hydrogen-bond acceptors (Lipinski definition) is 4. The zero-order valence-electron chi connectivity index (χ0n) is 11.6. The lowest BCUT2D eigenvalue weighted by Gasteiger charge is -2.11. The molecule has 2 aromatic carbocycles. The predicted molar refractivity (Wildman–Crippen MR) is 80.2 cm³/mol. The lowest BCUT2D eigenvalue weighted by molar-refractivity contribution is 0.407. The van der Waals surface area contributed by atoms with Gasteiger partial charge in [-0.25, -0.2) is 4.79 Å². The van der Waals surface area contributed by atoms with E-state index in [-0.39, 0.29) is 11.1 Å². The summed E-state index contributed by atoms with van der Waals surface area (Å²) in [7, 11) is 1.55. The molecule has 0 saturated heterocycles. The molecule has 1 aliphatic rings. The van der Waals surface area contributed by atoms with Gasteiger partial charge in [0.15, 0.2) is 11.3 Å². The van der Waals surface area contributed by atoms with Crippen molar-refractivity contribution in [3.8, 4) is 11.5 Å². The highest BCUT2D eigenvalue weighted by atomic mass is 16.5. The van der Waals surface area contributed by atoms with Gasteiger partial charge in [0.1, 0.15) is 11.1 Å². The molecule has 3 aromatic rings. The van der Waals surface area contributed by atoms with Crippen molar-refractivity contribution in [2.24, 2.45) is 0 Å². The Labute approximate surface area is 120 Å². The third kappa shape index (κ3) is 1.59. The maximum Gasteiger partial charge on any atom is 0.348 e. The van der Waals surface area contributed by atoms with Crippen LogP contribution in [0.2, 0.25) is 0 Å². The highest BCUT2D eigenvalue weighted by molar-refractivity contribution is 6.10. The lowest BCUT2D eigenvalue weighted by Crippen LogP contribution is -2.03. The molecule has 1 N–H and O–H groups in total. The molecular weight excluding hydrogens is 268 g/mol. The Bertz CT molecular complexity index is 937. The predicted octanol–water partition coefficient (Wildman–Crippen LogP) is 3.15. The van der Waals surface area contributed by atoms with Gasteiger partial charge < -0.3 is 14.3 Å². The summed E-state index contributed by atoms with van der Waals surface area (Å²) >= 11 is 0. The average molecular weight is 282 g/mol. The van der Waals surface area contributed by atoms with Gasteiger partial charge in [-0.2, -0.15) is 0 Å². The van der Waals surface area contributed by atoms with Crippen molar-refractivity contribution in [3.05, 3.63) is 45.8 Å². The summed E-state index contributed by atoms with van der Waals surface area (Å²) < 4.78 is 10.7. The van der Waals surface area contributed by atoms with Crippen molar-refractivity contribution in [1.29, 1.82) is 0 Å². The Morgan fingerprint density at radius 2 is 2.10 bits per heavy atom. The molecule has 0 aliphatic heterocycles. The summed E-state index contributed by atoms with van der Waals surface area (Å²) in [5, 5.41) is 12.1. The van der Waals surface area contributed by atoms with Gasteiger partial charge >= 0.3 is 5.63 Å². The van der Waals surface area contributed by atoms with Gasteiger partial charge in [-0.15, -0.1) is 0 Å². The fraction of sp³-hybridized carbons (Fsp3) is 0.235. The number of fused-ring (bicyclic) bond motifs is 5. The molecule has 4 nitrogen and oxygen atoms in total. The molecule has 1 heterocycles. The van der Waals surface area contributed by atoms with E-state index in [1.807, 2.05) is 12.1 Å². The van der Waals surface area contributed by atoms with Crippen LogP contribution in [0.5, 0.6) is 11.5 Å². The van der Waals surface area contributed by atoms with Crippen molar-refractivity contribution in [2.75, 3.05) is 7.11 Å². The zero-order chi connectivity index (χ0) is 14.6. The highest BCUT2D eigenvalue weighted by Gasteiger charge is 2.22. The minimum absolute atomic E-state index is 0.00381. The largest absolute Gasteiger partial charge is 0.507 e. The molecule has 1 aromatic heterocycles. The Morgan fingerprint density at radius 3 is 2.90 bits per heavy atom. The van der Waals surface area contributed by atoms with E-state index in [1.54, 1.807) is 19.2 Å². The molecule has 4 rings (SSSR count). The fourth-order valence-corrected chi connectivity index (χ4v) is 3.35. The molecule has 21 heavy (non-hydrogen) atoms. The molecular formula is C17H14O4. The van der Waals surface area contributed by atoms with Gasteiger partial charge in [-0.05, 0) is 42.5 Å². The maximum absolute atomic E-state index is 12.3. The van der Waals surface area contributed by atoms with Crippen molar-refractivity contribution in [2.45, 2.75) is 19.3 Å². The molecule has 1 aliphatic carbocycles. The third-order valence-corrected chi connectivity index (χ3v) is 4.25. The number of ether oxygens (including phenoxy) is 1. The number of para-hydroxylation sites is 1. The summed E-state index contributed by atoms with van der Waals surface area (Å²) in [4.78, 5) is 12.3. The summed E-state index contributed by atoms with van der Waals surface area (Å²) in [6, 6.07) is 7.24. The molecule has 4 heteroatoms. The molecule has 0 unspecified atom stereocenters. The first-order valence-corrected chi connectivity index (χ1v) is 6.98. The van der Waals surface area contributed by atoms with Crippen molar-refractivity contribution < 1.29 is 14.3 Å². The van der Waals surface area contributed by atoms with Crippen LogP contribution >= 0.6 is 0 Å². The normalized spacial score (nSPS) is 13.8. The van der Waals surface area contributed by atoms with Crippen molar-refractivity contribution in [1.82, 2.24) is 0 Å².